The lowest BCUT2D eigenvalue weighted by Crippen LogP contribution is -2.37. The van der Waals surface area contributed by atoms with Crippen LogP contribution >= 0.6 is 11.3 Å². The van der Waals surface area contributed by atoms with Crippen LogP contribution in [0.25, 0.3) is 4.96 Å². The van der Waals surface area contributed by atoms with Crippen molar-refractivity contribution in [3.63, 3.8) is 0 Å². The summed E-state index contributed by atoms with van der Waals surface area (Å²) in [7, 11) is 1.98. The molecule has 1 aliphatic heterocycles. The number of thiazole rings is 1. The number of hydrogen-bond acceptors (Lipinski definition) is 5. The van der Waals surface area contributed by atoms with Gasteiger partial charge in [0.2, 0.25) is 0 Å². The molecule has 0 amide bonds. The Bertz CT molecular complexity index is 577. The van der Waals surface area contributed by atoms with E-state index in [1.54, 1.807) is 0 Å². The number of hydrogen-bond donors (Lipinski definition) is 0. The van der Waals surface area contributed by atoms with Gasteiger partial charge in [-0.25, -0.2) is 4.98 Å². The lowest BCUT2D eigenvalue weighted by Gasteiger charge is -2.27. The molecule has 96 valence electrons. The predicted molar refractivity (Wildman–Crippen MR) is 70.7 cm³/mol. The van der Waals surface area contributed by atoms with Gasteiger partial charge < -0.3 is 9.64 Å². The summed E-state index contributed by atoms with van der Waals surface area (Å²) >= 11 is 1.53. The first-order valence-electron chi connectivity index (χ1n) is 5.97. The Morgan fingerprint density at radius 2 is 2.50 bits per heavy atom. The number of fused-ring (bicyclic) bond motifs is 1. The molecule has 0 saturated carbocycles. The van der Waals surface area contributed by atoms with E-state index in [1.807, 2.05) is 23.0 Å². The fourth-order valence-corrected chi connectivity index (χ4v) is 3.26. The zero-order valence-corrected chi connectivity index (χ0v) is 11.2. The Kier molecular flexibility index (Phi) is 2.83. The first kappa shape index (κ1) is 11.7. The molecule has 2 aromatic rings. The number of carbonyl (C=O) groups excluding carboxylic acids is 1. The smallest absolute Gasteiger partial charge is 0.196 e. The Morgan fingerprint density at radius 1 is 1.67 bits per heavy atom. The third kappa shape index (κ3) is 1.64. The first-order chi connectivity index (χ1) is 8.72. The number of ether oxygens (including phenoxy) is 1. The van der Waals surface area contributed by atoms with Crippen LogP contribution in [0.5, 0.6) is 0 Å². The predicted octanol–water partition coefficient (Wildman–Crippen LogP) is 1.82. The van der Waals surface area contributed by atoms with E-state index in [-0.39, 0.29) is 12.1 Å². The van der Waals surface area contributed by atoms with E-state index in [9.17, 15) is 4.79 Å². The summed E-state index contributed by atoms with van der Waals surface area (Å²) < 4.78 is 7.41. The van der Waals surface area contributed by atoms with E-state index in [0.29, 0.717) is 5.69 Å². The molecule has 1 fully saturated rings. The van der Waals surface area contributed by atoms with Crippen LogP contribution in [-0.4, -0.2) is 41.5 Å². The van der Waals surface area contributed by atoms with Crippen LogP contribution < -0.4 is 4.90 Å². The van der Waals surface area contributed by atoms with Crippen molar-refractivity contribution in [3.05, 3.63) is 17.3 Å². The molecule has 2 aromatic heterocycles. The number of rotatable bonds is 3. The maximum absolute atomic E-state index is 11.3. The van der Waals surface area contributed by atoms with Crippen LogP contribution in [0, 0.1) is 0 Å². The highest BCUT2D eigenvalue weighted by Gasteiger charge is 2.30. The summed E-state index contributed by atoms with van der Waals surface area (Å²) in [5.41, 5.74) is 0.618. The maximum atomic E-state index is 11.3. The molecule has 3 rings (SSSR count). The summed E-state index contributed by atoms with van der Waals surface area (Å²) in [5, 5.41) is 1.93. The largest absolute Gasteiger partial charge is 0.376 e. The SMILES string of the molecule is CC1OCCC1N(C)c1nc2sccn2c1C=O. The minimum Gasteiger partial charge on any atom is -0.376 e. The molecule has 5 nitrogen and oxygen atoms in total. The van der Waals surface area contributed by atoms with E-state index in [1.165, 1.54) is 11.3 Å². The second kappa shape index (κ2) is 4.37. The normalized spacial score (nSPS) is 23.7. The molecular formula is C12H15N3O2S. The molecule has 0 bridgehead atoms. The lowest BCUT2D eigenvalue weighted by atomic mass is 10.1. The molecule has 18 heavy (non-hydrogen) atoms. The van der Waals surface area contributed by atoms with Crippen LogP contribution in [0.4, 0.5) is 5.82 Å². The molecule has 0 aliphatic carbocycles. The zero-order valence-electron chi connectivity index (χ0n) is 10.4. The van der Waals surface area contributed by atoms with Gasteiger partial charge in [-0.1, -0.05) is 0 Å². The molecule has 0 spiro atoms. The Morgan fingerprint density at radius 3 is 3.17 bits per heavy atom. The second-order valence-corrected chi connectivity index (χ2v) is 5.41. The standard InChI is InChI=1S/C12H15N3O2S/c1-8-9(3-5-17-8)14(2)11-10(7-16)15-4-6-18-12(15)13-11/h4,6-9H,3,5H2,1-2H3. The monoisotopic (exact) mass is 265 g/mol. The number of nitrogens with zero attached hydrogens (tertiary/aromatic N) is 3. The summed E-state index contributed by atoms with van der Waals surface area (Å²) in [6.45, 7) is 2.84. The average Bonchev–Trinajstić information content (AvgIpc) is 3.01. The first-order valence-corrected chi connectivity index (χ1v) is 6.85. The Hall–Kier alpha value is -1.40. The van der Waals surface area contributed by atoms with Crippen molar-refractivity contribution in [1.82, 2.24) is 9.38 Å². The highest BCUT2D eigenvalue weighted by atomic mass is 32.1. The van der Waals surface area contributed by atoms with Crippen molar-refractivity contribution in [2.24, 2.45) is 0 Å². The Labute approximate surface area is 109 Å². The van der Waals surface area contributed by atoms with E-state index < -0.39 is 0 Å². The highest BCUT2D eigenvalue weighted by Crippen LogP contribution is 2.28. The highest BCUT2D eigenvalue weighted by molar-refractivity contribution is 7.15. The fraction of sp³-hybridized carbons (Fsp3) is 0.500. The van der Waals surface area contributed by atoms with Gasteiger partial charge >= 0.3 is 0 Å². The topological polar surface area (TPSA) is 46.8 Å². The van der Waals surface area contributed by atoms with Crippen LogP contribution in [-0.2, 0) is 4.74 Å². The Balaban J connectivity index is 2.02. The van der Waals surface area contributed by atoms with Gasteiger partial charge in [0.15, 0.2) is 17.1 Å². The fourth-order valence-electron chi connectivity index (χ4n) is 2.55. The molecular weight excluding hydrogens is 250 g/mol. The van der Waals surface area contributed by atoms with Gasteiger partial charge in [0.1, 0.15) is 5.69 Å². The zero-order chi connectivity index (χ0) is 12.7. The number of aromatic nitrogens is 2. The van der Waals surface area contributed by atoms with Crippen LogP contribution in [0.2, 0.25) is 0 Å². The number of imidazole rings is 1. The van der Waals surface area contributed by atoms with Crippen LogP contribution in [0.3, 0.4) is 0 Å². The van der Waals surface area contributed by atoms with Gasteiger partial charge in [-0.05, 0) is 13.3 Å². The average molecular weight is 265 g/mol. The molecule has 1 saturated heterocycles. The molecule has 0 aromatic carbocycles. The molecule has 0 radical (unpaired) electrons. The maximum Gasteiger partial charge on any atom is 0.196 e. The van der Waals surface area contributed by atoms with E-state index in [4.69, 9.17) is 4.74 Å². The van der Waals surface area contributed by atoms with Crippen LogP contribution in [0.15, 0.2) is 11.6 Å². The van der Waals surface area contributed by atoms with Gasteiger partial charge in [0.25, 0.3) is 0 Å². The molecule has 0 N–H and O–H groups in total. The minimum atomic E-state index is 0.175. The molecule has 3 heterocycles. The molecule has 2 unspecified atom stereocenters. The van der Waals surface area contributed by atoms with E-state index >= 15 is 0 Å². The van der Waals surface area contributed by atoms with Crippen molar-refractivity contribution in [3.8, 4) is 0 Å². The minimum absolute atomic E-state index is 0.175. The third-order valence-electron chi connectivity index (χ3n) is 3.56. The summed E-state index contributed by atoms with van der Waals surface area (Å²) in [4.78, 5) is 18.8. The van der Waals surface area contributed by atoms with Crippen molar-refractivity contribution >= 4 is 28.4 Å². The lowest BCUT2D eigenvalue weighted by molar-refractivity contribution is 0.111. The van der Waals surface area contributed by atoms with Crippen molar-refractivity contribution in [1.29, 1.82) is 0 Å². The van der Waals surface area contributed by atoms with Crippen molar-refractivity contribution < 1.29 is 9.53 Å². The number of likely N-dealkylation sites (N-methyl/N-ethyl adjacent to an activating group) is 1. The molecule has 1 aliphatic rings. The van der Waals surface area contributed by atoms with Gasteiger partial charge in [-0.2, -0.15) is 0 Å². The summed E-state index contributed by atoms with van der Waals surface area (Å²) in [6.07, 6.45) is 3.90. The van der Waals surface area contributed by atoms with Gasteiger partial charge in [-0.15, -0.1) is 11.3 Å². The van der Waals surface area contributed by atoms with E-state index in [0.717, 1.165) is 30.1 Å². The quantitative estimate of drug-likeness (QED) is 0.794. The number of carbonyl (C=O) groups is 1. The van der Waals surface area contributed by atoms with Crippen molar-refractivity contribution in [2.75, 3.05) is 18.6 Å². The summed E-state index contributed by atoms with van der Waals surface area (Å²) in [6, 6.07) is 0.285. The number of anilines is 1. The number of aldehydes is 1. The van der Waals surface area contributed by atoms with Crippen molar-refractivity contribution in [2.45, 2.75) is 25.5 Å². The van der Waals surface area contributed by atoms with E-state index in [2.05, 4.69) is 16.8 Å². The summed E-state index contributed by atoms with van der Waals surface area (Å²) in [5.74, 6) is 0.749. The molecule has 2 atom stereocenters. The van der Waals surface area contributed by atoms with Gasteiger partial charge in [0, 0.05) is 25.2 Å². The molecule has 6 heteroatoms. The second-order valence-electron chi connectivity index (χ2n) is 4.54. The van der Waals surface area contributed by atoms with Gasteiger partial charge in [-0.3, -0.25) is 9.20 Å². The third-order valence-corrected chi connectivity index (χ3v) is 4.32. The van der Waals surface area contributed by atoms with Crippen LogP contribution in [0.1, 0.15) is 23.8 Å². The van der Waals surface area contributed by atoms with Gasteiger partial charge in [0.05, 0.1) is 12.1 Å².